The smallest absolute Gasteiger partial charge is 0.341 e. The van der Waals surface area contributed by atoms with Crippen LogP contribution in [0.2, 0.25) is 0 Å². The first kappa shape index (κ1) is 18.5. The van der Waals surface area contributed by atoms with Crippen LogP contribution in [0, 0.1) is 0 Å². The Morgan fingerprint density at radius 2 is 1.96 bits per heavy atom. The predicted molar refractivity (Wildman–Crippen MR) is 92.9 cm³/mol. The molecule has 0 aliphatic rings. The van der Waals surface area contributed by atoms with E-state index in [-0.39, 0.29) is 18.4 Å². The van der Waals surface area contributed by atoms with Gasteiger partial charge in [0.1, 0.15) is 11.4 Å². The van der Waals surface area contributed by atoms with Gasteiger partial charge >= 0.3 is 5.97 Å². The standard InChI is InChI=1S/C18H23N3O4/c1-12(2)15-10-16(21(3)20-15)18(24)19-9-8-13-4-6-14(7-5-13)25-11-17(22)23/h4-7,10,12H,8-9,11H2,1-3H3,(H,19,24)(H,22,23). The number of benzene rings is 1. The van der Waals surface area contributed by atoms with Crippen LogP contribution in [0.25, 0.3) is 0 Å². The number of carbonyl (C=O) groups is 2. The van der Waals surface area contributed by atoms with E-state index in [2.05, 4.69) is 10.4 Å². The second-order valence-corrected chi connectivity index (χ2v) is 6.07. The number of nitrogens with one attached hydrogen (secondary N) is 1. The summed E-state index contributed by atoms with van der Waals surface area (Å²) in [5.41, 5.74) is 2.46. The van der Waals surface area contributed by atoms with Crippen LogP contribution in [0.4, 0.5) is 0 Å². The first-order valence-corrected chi connectivity index (χ1v) is 8.12. The van der Waals surface area contributed by atoms with Crippen molar-refractivity contribution in [3.8, 4) is 5.75 Å². The van der Waals surface area contributed by atoms with Crippen LogP contribution in [0.5, 0.6) is 5.75 Å². The molecule has 0 radical (unpaired) electrons. The largest absolute Gasteiger partial charge is 0.482 e. The SMILES string of the molecule is CC(C)c1cc(C(=O)NCCc2ccc(OCC(=O)O)cc2)n(C)n1. The molecule has 0 saturated heterocycles. The van der Waals surface area contributed by atoms with E-state index in [0.29, 0.717) is 24.4 Å². The number of amides is 1. The molecule has 0 unspecified atom stereocenters. The number of hydrogen-bond donors (Lipinski definition) is 2. The summed E-state index contributed by atoms with van der Waals surface area (Å²) in [6.07, 6.45) is 0.667. The van der Waals surface area contributed by atoms with Crippen LogP contribution in [0.1, 0.15) is 41.5 Å². The lowest BCUT2D eigenvalue weighted by atomic mass is 10.1. The number of aromatic nitrogens is 2. The third kappa shape index (κ3) is 5.34. The van der Waals surface area contributed by atoms with Gasteiger partial charge in [0.2, 0.25) is 0 Å². The first-order valence-electron chi connectivity index (χ1n) is 8.12. The summed E-state index contributed by atoms with van der Waals surface area (Å²) in [5.74, 6) is -0.383. The second-order valence-electron chi connectivity index (χ2n) is 6.07. The van der Waals surface area contributed by atoms with Gasteiger partial charge in [-0.05, 0) is 36.1 Å². The normalized spacial score (nSPS) is 10.7. The van der Waals surface area contributed by atoms with Crippen LogP contribution < -0.4 is 10.1 Å². The molecule has 1 amide bonds. The Bertz CT molecular complexity index is 735. The monoisotopic (exact) mass is 345 g/mol. The summed E-state index contributed by atoms with van der Waals surface area (Å²) in [5, 5.41) is 15.8. The summed E-state index contributed by atoms with van der Waals surface area (Å²) < 4.78 is 6.68. The number of ether oxygens (including phenoxy) is 1. The number of nitrogens with zero attached hydrogens (tertiary/aromatic N) is 2. The number of hydrogen-bond acceptors (Lipinski definition) is 4. The third-order valence-electron chi connectivity index (χ3n) is 3.71. The fourth-order valence-corrected chi connectivity index (χ4v) is 2.29. The Labute approximate surface area is 146 Å². The molecule has 1 aromatic carbocycles. The molecule has 2 aromatic rings. The van der Waals surface area contributed by atoms with E-state index in [0.717, 1.165) is 11.3 Å². The molecule has 0 aliphatic carbocycles. The highest BCUT2D eigenvalue weighted by Gasteiger charge is 2.14. The molecular formula is C18H23N3O4. The predicted octanol–water partition coefficient (Wildman–Crippen LogP) is 1.98. The number of carboxylic acid groups (broad SMARTS) is 1. The van der Waals surface area contributed by atoms with Crippen LogP contribution in [-0.2, 0) is 18.3 Å². The quantitative estimate of drug-likeness (QED) is 0.763. The highest BCUT2D eigenvalue weighted by Crippen LogP contribution is 2.14. The van der Waals surface area contributed by atoms with Gasteiger partial charge in [0.25, 0.3) is 5.91 Å². The lowest BCUT2D eigenvalue weighted by Gasteiger charge is -2.07. The number of aliphatic carboxylic acids is 1. The van der Waals surface area contributed by atoms with E-state index >= 15 is 0 Å². The zero-order valence-electron chi connectivity index (χ0n) is 14.7. The summed E-state index contributed by atoms with van der Waals surface area (Å²) in [6, 6.07) is 8.95. The van der Waals surface area contributed by atoms with Gasteiger partial charge in [-0.15, -0.1) is 0 Å². The van der Waals surface area contributed by atoms with Gasteiger partial charge in [-0.1, -0.05) is 26.0 Å². The molecule has 0 atom stereocenters. The molecule has 0 saturated carbocycles. The number of aryl methyl sites for hydroxylation is 1. The van der Waals surface area contributed by atoms with Crippen molar-refractivity contribution in [2.75, 3.05) is 13.2 Å². The number of carbonyl (C=O) groups excluding carboxylic acids is 1. The van der Waals surface area contributed by atoms with E-state index in [4.69, 9.17) is 9.84 Å². The summed E-state index contributed by atoms with van der Waals surface area (Å²) >= 11 is 0. The van der Waals surface area contributed by atoms with Gasteiger partial charge in [-0.3, -0.25) is 9.48 Å². The van der Waals surface area contributed by atoms with Crippen LogP contribution in [-0.4, -0.2) is 39.9 Å². The van der Waals surface area contributed by atoms with Crippen LogP contribution in [0.15, 0.2) is 30.3 Å². The van der Waals surface area contributed by atoms with Gasteiger partial charge in [0.05, 0.1) is 5.69 Å². The van der Waals surface area contributed by atoms with Gasteiger partial charge in [0, 0.05) is 13.6 Å². The number of rotatable bonds is 8. The topological polar surface area (TPSA) is 93.5 Å². The molecular weight excluding hydrogens is 322 g/mol. The molecule has 2 N–H and O–H groups in total. The van der Waals surface area contributed by atoms with Crippen molar-refractivity contribution in [2.24, 2.45) is 7.05 Å². The molecule has 25 heavy (non-hydrogen) atoms. The second kappa shape index (κ2) is 8.32. The first-order chi connectivity index (χ1) is 11.9. The van der Waals surface area contributed by atoms with Crippen LogP contribution in [0.3, 0.4) is 0 Å². The molecule has 0 bridgehead atoms. The van der Waals surface area contributed by atoms with Crippen molar-refractivity contribution in [3.05, 3.63) is 47.3 Å². The maximum atomic E-state index is 12.2. The van der Waals surface area contributed by atoms with Crippen molar-refractivity contribution < 1.29 is 19.4 Å². The molecule has 1 aromatic heterocycles. The summed E-state index contributed by atoms with van der Waals surface area (Å²) in [4.78, 5) is 22.7. The van der Waals surface area contributed by atoms with Crippen molar-refractivity contribution >= 4 is 11.9 Å². The minimum absolute atomic E-state index is 0.150. The van der Waals surface area contributed by atoms with Crippen molar-refractivity contribution in [1.29, 1.82) is 0 Å². The van der Waals surface area contributed by atoms with Crippen molar-refractivity contribution in [1.82, 2.24) is 15.1 Å². The van der Waals surface area contributed by atoms with E-state index in [1.165, 1.54) is 0 Å². The van der Waals surface area contributed by atoms with E-state index in [1.807, 2.05) is 32.0 Å². The Kier molecular flexibility index (Phi) is 6.16. The molecule has 7 heteroatoms. The third-order valence-corrected chi connectivity index (χ3v) is 3.71. The zero-order chi connectivity index (χ0) is 18.4. The maximum Gasteiger partial charge on any atom is 0.341 e. The highest BCUT2D eigenvalue weighted by atomic mass is 16.5. The lowest BCUT2D eigenvalue weighted by molar-refractivity contribution is -0.139. The molecule has 7 nitrogen and oxygen atoms in total. The Morgan fingerprint density at radius 3 is 2.52 bits per heavy atom. The molecule has 0 fully saturated rings. The van der Waals surface area contributed by atoms with Gasteiger partial charge < -0.3 is 15.2 Å². The van der Waals surface area contributed by atoms with Crippen molar-refractivity contribution in [3.63, 3.8) is 0 Å². The summed E-state index contributed by atoms with van der Waals surface area (Å²) in [7, 11) is 1.76. The van der Waals surface area contributed by atoms with E-state index in [9.17, 15) is 9.59 Å². The molecule has 134 valence electrons. The average molecular weight is 345 g/mol. The van der Waals surface area contributed by atoms with E-state index in [1.54, 1.807) is 23.9 Å². The van der Waals surface area contributed by atoms with Crippen molar-refractivity contribution in [2.45, 2.75) is 26.2 Å². The minimum atomic E-state index is -1.01. The number of carboxylic acids is 1. The molecule has 0 aliphatic heterocycles. The van der Waals surface area contributed by atoms with Gasteiger partial charge in [0.15, 0.2) is 6.61 Å². The Hall–Kier alpha value is -2.83. The van der Waals surface area contributed by atoms with Gasteiger partial charge in [-0.2, -0.15) is 5.10 Å². The fraction of sp³-hybridized carbons (Fsp3) is 0.389. The summed E-state index contributed by atoms with van der Waals surface area (Å²) in [6.45, 7) is 4.20. The fourth-order valence-electron chi connectivity index (χ4n) is 2.29. The molecule has 2 rings (SSSR count). The van der Waals surface area contributed by atoms with Gasteiger partial charge in [-0.25, -0.2) is 4.79 Å². The minimum Gasteiger partial charge on any atom is -0.482 e. The molecule has 1 heterocycles. The Morgan fingerprint density at radius 1 is 1.28 bits per heavy atom. The van der Waals surface area contributed by atoms with E-state index < -0.39 is 5.97 Å². The lowest BCUT2D eigenvalue weighted by Crippen LogP contribution is -2.27. The Balaban J connectivity index is 1.84. The highest BCUT2D eigenvalue weighted by molar-refractivity contribution is 5.92. The molecule has 0 spiro atoms. The maximum absolute atomic E-state index is 12.2. The van der Waals surface area contributed by atoms with Crippen LogP contribution >= 0.6 is 0 Å². The zero-order valence-corrected chi connectivity index (χ0v) is 14.7. The average Bonchev–Trinajstić information content (AvgIpc) is 2.96.